The van der Waals surface area contributed by atoms with E-state index < -0.39 is 0 Å². The topological polar surface area (TPSA) is 50.8 Å². The average molecular weight is 377 g/mol. The van der Waals surface area contributed by atoms with Crippen LogP contribution in [0.5, 0.6) is 11.5 Å². The van der Waals surface area contributed by atoms with Gasteiger partial charge in [0.2, 0.25) is 5.91 Å². The predicted octanol–water partition coefficient (Wildman–Crippen LogP) is 3.27. The van der Waals surface area contributed by atoms with Crippen LogP contribution in [0.3, 0.4) is 0 Å². The third kappa shape index (κ3) is 5.72. The standard InChI is InChI=1S/C17H25ClN2O3.ClH/c1-22-15-11-13(10-14(18)17(15)23-2)12-19-7-9-20-8-5-3-4-6-16(20)21;/h10-11,19H,3-9,12H2,1-2H3;1H. The van der Waals surface area contributed by atoms with Gasteiger partial charge in [0.1, 0.15) is 0 Å². The number of halogens is 2. The summed E-state index contributed by atoms with van der Waals surface area (Å²) in [6.07, 6.45) is 3.97. The summed E-state index contributed by atoms with van der Waals surface area (Å²) in [6.45, 7) is 3.06. The number of nitrogens with one attached hydrogen (secondary N) is 1. The van der Waals surface area contributed by atoms with Crippen molar-refractivity contribution >= 4 is 29.9 Å². The van der Waals surface area contributed by atoms with Crippen molar-refractivity contribution in [1.29, 1.82) is 0 Å². The molecule has 0 unspecified atom stereocenters. The normalized spacial score (nSPS) is 14.8. The third-order valence-electron chi connectivity index (χ3n) is 4.05. The molecule has 7 heteroatoms. The lowest BCUT2D eigenvalue weighted by molar-refractivity contribution is -0.130. The molecule has 0 saturated carbocycles. The Hall–Kier alpha value is -1.17. The minimum atomic E-state index is 0. The molecule has 0 radical (unpaired) electrons. The Morgan fingerprint density at radius 1 is 1.21 bits per heavy atom. The zero-order chi connectivity index (χ0) is 16.7. The van der Waals surface area contributed by atoms with Crippen molar-refractivity contribution in [1.82, 2.24) is 10.2 Å². The van der Waals surface area contributed by atoms with Gasteiger partial charge in [-0.1, -0.05) is 18.0 Å². The van der Waals surface area contributed by atoms with Crippen molar-refractivity contribution < 1.29 is 14.3 Å². The summed E-state index contributed by atoms with van der Waals surface area (Å²) < 4.78 is 10.5. The van der Waals surface area contributed by atoms with E-state index in [0.717, 1.165) is 44.5 Å². The van der Waals surface area contributed by atoms with Gasteiger partial charge < -0.3 is 19.7 Å². The van der Waals surface area contributed by atoms with E-state index in [1.807, 2.05) is 17.0 Å². The smallest absolute Gasteiger partial charge is 0.222 e. The summed E-state index contributed by atoms with van der Waals surface area (Å²) in [6, 6.07) is 3.78. The number of amides is 1. The van der Waals surface area contributed by atoms with E-state index in [2.05, 4.69) is 5.32 Å². The van der Waals surface area contributed by atoms with Gasteiger partial charge in [0.15, 0.2) is 11.5 Å². The number of hydrogen-bond acceptors (Lipinski definition) is 4. The molecule has 1 amide bonds. The fraction of sp³-hybridized carbons (Fsp3) is 0.588. The lowest BCUT2D eigenvalue weighted by atomic mass is 10.2. The van der Waals surface area contributed by atoms with Crippen LogP contribution in [0.15, 0.2) is 12.1 Å². The number of hydrogen-bond donors (Lipinski definition) is 1. The van der Waals surface area contributed by atoms with Crippen molar-refractivity contribution in [2.75, 3.05) is 33.9 Å². The second-order valence-corrected chi connectivity index (χ2v) is 6.09. The highest BCUT2D eigenvalue weighted by Crippen LogP contribution is 2.35. The van der Waals surface area contributed by atoms with Gasteiger partial charge in [-0.05, 0) is 30.5 Å². The van der Waals surface area contributed by atoms with E-state index in [1.165, 1.54) is 0 Å². The van der Waals surface area contributed by atoms with E-state index in [9.17, 15) is 4.79 Å². The summed E-state index contributed by atoms with van der Waals surface area (Å²) >= 11 is 6.20. The van der Waals surface area contributed by atoms with Crippen LogP contribution >= 0.6 is 24.0 Å². The van der Waals surface area contributed by atoms with Gasteiger partial charge in [0.05, 0.1) is 19.2 Å². The van der Waals surface area contributed by atoms with E-state index in [4.69, 9.17) is 21.1 Å². The molecule has 0 aliphatic carbocycles. The summed E-state index contributed by atoms with van der Waals surface area (Å²) in [4.78, 5) is 13.9. The van der Waals surface area contributed by atoms with Crippen LogP contribution in [0.25, 0.3) is 0 Å². The fourth-order valence-electron chi connectivity index (χ4n) is 2.80. The van der Waals surface area contributed by atoms with Crippen molar-refractivity contribution in [3.63, 3.8) is 0 Å². The number of benzene rings is 1. The molecule has 0 aromatic heterocycles. The molecule has 136 valence electrons. The zero-order valence-corrected chi connectivity index (χ0v) is 15.8. The first kappa shape index (κ1) is 20.9. The highest BCUT2D eigenvalue weighted by atomic mass is 35.5. The molecule has 0 bridgehead atoms. The molecule has 2 rings (SSSR count). The Labute approximate surface area is 155 Å². The molecule has 24 heavy (non-hydrogen) atoms. The number of nitrogens with zero attached hydrogens (tertiary/aromatic N) is 1. The number of methoxy groups -OCH3 is 2. The van der Waals surface area contributed by atoms with Crippen molar-refractivity contribution in [2.45, 2.75) is 32.2 Å². The average Bonchev–Trinajstić information content (AvgIpc) is 2.75. The highest BCUT2D eigenvalue weighted by molar-refractivity contribution is 6.32. The maximum Gasteiger partial charge on any atom is 0.222 e. The van der Waals surface area contributed by atoms with Gasteiger partial charge in [-0.25, -0.2) is 0 Å². The molecule has 1 fully saturated rings. The van der Waals surface area contributed by atoms with E-state index in [1.54, 1.807) is 14.2 Å². The van der Waals surface area contributed by atoms with Crippen LogP contribution in [0.1, 0.15) is 31.2 Å². The molecular weight excluding hydrogens is 351 g/mol. The van der Waals surface area contributed by atoms with Gasteiger partial charge in [0, 0.05) is 32.6 Å². The second kappa shape index (κ2) is 10.6. The molecule has 5 nitrogen and oxygen atoms in total. The first-order valence-corrected chi connectivity index (χ1v) is 8.42. The lowest BCUT2D eigenvalue weighted by Gasteiger charge is -2.20. The summed E-state index contributed by atoms with van der Waals surface area (Å²) in [7, 11) is 3.16. The Balaban J connectivity index is 0.00000288. The molecule has 1 heterocycles. The minimum absolute atomic E-state index is 0. The van der Waals surface area contributed by atoms with Crippen LogP contribution in [-0.2, 0) is 11.3 Å². The first-order chi connectivity index (χ1) is 11.2. The Morgan fingerprint density at radius 2 is 2.00 bits per heavy atom. The van der Waals surface area contributed by atoms with Gasteiger partial charge in [-0.15, -0.1) is 12.4 Å². The molecule has 1 aromatic carbocycles. The SMILES string of the molecule is COc1cc(CNCCN2CCCCCC2=O)cc(Cl)c1OC.Cl. The maximum absolute atomic E-state index is 11.9. The van der Waals surface area contributed by atoms with E-state index in [0.29, 0.717) is 29.5 Å². The van der Waals surface area contributed by atoms with Crippen LogP contribution in [0.4, 0.5) is 0 Å². The number of likely N-dealkylation sites (tertiary alicyclic amines) is 1. The van der Waals surface area contributed by atoms with Crippen LogP contribution in [0.2, 0.25) is 5.02 Å². The summed E-state index contributed by atoms with van der Waals surface area (Å²) in [5.41, 5.74) is 1.02. The Kier molecular flexibility index (Phi) is 9.26. The molecule has 1 aromatic rings. The maximum atomic E-state index is 11.9. The minimum Gasteiger partial charge on any atom is -0.493 e. The first-order valence-electron chi connectivity index (χ1n) is 8.04. The molecule has 1 saturated heterocycles. The molecule has 1 aliphatic heterocycles. The van der Waals surface area contributed by atoms with Gasteiger partial charge in [0.25, 0.3) is 0 Å². The molecule has 0 spiro atoms. The lowest BCUT2D eigenvalue weighted by Crippen LogP contribution is -2.36. The van der Waals surface area contributed by atoms with Gasteiger partial charge >= 0.3 is 0 Å². The fourth-order valence-corrected chi connectivity index (χ4v) is 3.11. The Bertz CT molecular complexity index is 541. The summed E-state index contributed by atoms with van der Waals surface area (Å²) in [5, 5.41) is 3.89. The number of carbonyl (C=O) groups is 1. The predicted molar refractivity (Wildman–Crippen MR) is 98.6 cm³/mol. The molecular formula is C17H26Cl2N2O3. The van der Waals surface area contributed by atoms with Gasteiger partial charge in [-0.3, -0.25) is 4.79 Å². The monoisotopic (exact) mass is 376 g/mol. The number of ether oxygens (including phenoxy) is 2. The van der Waals surface area contributed by atoms with Gasteiger partial charge in [-0.2, -0.15) is 0 Å². The third-order valence-corrected chi connectivity index (χ3v) is 4.33. The summed E-state index contributed by atoms with van der Waals surface area (Å²) in [5.74, 6) is 1.45. The van der Waals surface area contributed by atoms with Crippen LogP contribution < -0.4 is 14.8 Å². The van der Waals surface area contributed by atoms with Crippen LogP contribution in [0, 0.1) is 0 Å². The molecule has 1 N–H and O–H groups in total. The molecule has 0 atom stereocenters. The van der Waals surface area contributed by atoms with Crippen molar-refractivity contribution in [2.24, 2.45) is 0 Å². The Morgan fingerprint density at radius 3 is 2.71 bits per heavy atom. The van der Waals surface area contributed by atoms with E-state index >= 15 is 0 Å². The van der Waals surface area contributed by atoms with Crippen molar-refractivity contribution in [3.8, 4) is 11.5 Å². The quantitative estimate of drug-likeness (QED) is 0.741. The largest absolute Gasteiger partial charge is 0.493 e. The highest BCUT2D eigenvalue weighted by Gasteiger charge is 2.15. The van der Waals surface area contributed by atoms with Crippen LogP contribution in [-0.4, -0.2) is 44.7 Å². The molecule has 1 aliphatic rings. The van der Waals surface area contributed by atoms with Crippen molar-refractivity contribution in [3.05, 3.63) is 22.7 Å². The number of rotatable bonds is 7. The second-order valence-electron chi connectivity index (χ2n) is 5.68. The van der Waals surface area contributed by atoms with E-state index in [-0.39, 0.29) is 18.3 Å². The number of carbonyl (C=O) groups excluding carboxylic acids is 1. The zero-order valence-electron chi connectivity index (χ0n) is 14.3.